The van der Waals surface area contributed by atoms with E-state index in [1.807, 2.05) is 12.1 Å². The van der Waals surface area contributed by atoms with Crippen LogP contribution in [0.2, 0.25) is 0 Å². The monoisotopic (exact) mass is 440 g/mol. The second-order valence-corrected chi connectivity index (χ2v) is 8.99. The number of rotatable bonds is 7. The van der Waals surface area contributed by atoms with Crippen molar-refractivity contribution in [3.63, 3.8) is 0 Å². The van der Waals surface area contributed by atoms with E-state index in [0.717, 1.165) is 82.3 Å². The number of aromatic nitrogens is 3. The minimum atomic E-state index is -0.0425. The van der Waals surface area contributed by atoms with Crippen LogP contribution in [-0.2, 0) is 9.53 Å². The fourth-order valence-corrected chi connectivity index (χ4v) is 4.68. The summed E-state index contributed by atoms with van der Waals surface area (Å²) in [6, 6.07) is 3.89. The lowest BCUT2D eigenvalue weighted by Gasteiger charge is -2.34. The van der Waals surface area contributed by atoms with Crippen molar-refractivity contribution in [2.24, 2.45) is 5.92 Å². The van der Waals surface area contributed by atoms with Crippen molar-refractivity contribution in [3.8, 4) is 11.4 Å². The van der Waals surface area contributed by atoms with E-state index in [0.29, 0.717) is 24.8 Å². The topological polar surface area (TPSA) is 96.6 Å². The molecule has 1 unspecified atom stereocenters. The van der Waals surface area contributed by atoms with Gasteiger partial charge in [-0.2, -0.15) is 4.98 Å². The van der Waals surface area contributed by atoms with Gasteiger partial charge in [0.15, 0.2) is 0 Å². The van der Waals surface area contributed by atoms with E-state index in [4.69, 9.17) is 9.26 Å². The third-order valence-corrected chi connectivity index (χ3v) is 6.85. The van der Waals surface area contributed by atoms with Gasteiger partial charge in [-0.1, -0.05) is 11.6 Å². The fraction of sp³-hybridized carbons (Fsp3) is 0.652. The maximum atomic E-state index is 12.8. The molecule has 0 radical (unpaired) electrons. The second-order valence-electron chi connectivity index (χ2n) is 8.99. The first-order valence-electron chi connectivity index (χ1n) is 11.9. The minimum absolute atomic E-state index is 0.0425. The molecule has 2 aromatic rings. The van der Waals surface area contributed by atoms with Crippen LogP contribution in [0, 0.1) is 5.92 Å². The molecule has 5 rings (SSSR count). The molecule has 172 valence electrons. The van der Waals surface area contributed by atoms with Gasteiger partial charge in [0.2, 0.25) is 17.6 Å². The average Bonchev–Trinajstić information content (AvgIpc) is 3.28. The Hall–Kier alpha value is -2.52. The summed E-state index contributed by atoms with van der Waals surface area (Å²) in [5, 5.41) is 7.38. The first-order valence-corrected chi connectivity index (χ1v) is 11.9. The molecular formula is C23H32N6O3. The van der Waals surface area contributed by atoms with E-state index >= 15 is 0 Å². The molecule has 2 aliphatic heterocycles. The predicted octanol–water partition coefficient (Wildman–Crippen LogP) is 2.06. The van der Waals surface area contributed by atoms with Gasteiger partial charge in [-0.25, -0.2) is 4.98 Å². The molecule has 9 nitrogen and oxygen atoms in total. The molecule has 4 heterocycles. The van der Waals surface area contributed by atoms with Crippen LogP contribution in [0.4, 0.5) is 5.82 Å². The first kappa shape index (κ1) is 21.3. The van der Waals surface area contributed by atoms with Crippen LogP contribution < -0.4 is 10.2 Å². The molecule has 1 atom stereocenters. The molecule has 0 aromatic carbocycles. The van der Waals surface area contributed by atoms with Crippen molar-refractivity contribution < 1.29 is 14.1 Å². The normalized spacial score (nSPS) is 22.5. The van der Waals surface area contributed by atoms with Gasteiger partial charge in [-0.3, -0.25) is 9.69 Å². The molecule has 1 amide bonds. The standard InChI is InChI=1S/C23H32N6O3/c30-22(25-9-11-28-12-14-31-15-13-28)18-6-3-10-29(16-18)21-19(7-2-8-24-21)20-26-23(32-27-20)17-4-1-5-17/h2,7-8,17-18H,1,3-6,9-16H2,(H,25,30). The number of nitrogens with zero attached hydrogens (tertiary/aromatic N) is 5. The molecule has 32 heavy (non-hydrogen) atoms. The van der Waals surface area contributed by atoms with Crippen molar-refractivity contribution >= 4 is 11.7 Å². The number of morpholine rings is 1. The van der Waals surface area contributed by atoms with Crippen LogP contribution in [0.25, 0.3) is 11.4 Å². The van der Waals surface area contributed by atoms with Gasteiger partial charge in [0.05, 0.1) is 24.7 Å². The average molecular weight is 441 g/mol. The van der Waals surface area contributed by atoms with E-state index in [2.05, 4.69) is 30.2 Å². The first-order chi connectivity index (χ1) is 15.8. The van der Waals surface area contributed by atoms with Gasteiger partial charge in [0.1, 0.15) is 5.82 Å². The number of amides is 1. The van der Waals surface area contributed by atoms with Gasteiger partial charge in [-0.15, -0.1) is 0 Å². The lowest BCUT2D eigenvalue weighted by molar-refractivity contribution is -0.125. The van der Waals surface area contributed by atoms with E-state index < -0.39 is 0 Å². The third-order valence-electron chi connectivity index (χ3n) is 6.85. The zero-order valence-corrected chi connectivity index (χ0v) is 18.5. The number of piperidine rings is 1. The Morgan fingerprint density at radius 2 is 2.03 bits per heavy atom. The number of hydrogen-bond acceptors (Lipinski definition) is 8. The summed E-state index contributed by atoms with van der Waals surface area (Å²) < 4.78 is 10.9. The van der Waals surface area contributed by atoms with E-state index in [9.17, 15) is 4.79 Å². The maximum absolute atomic E-state index is 12.8. The molecule has 1 N–H and O–H groups in total. The summed E-state index contributed by atoms with van der Waals surface area (Å²) in [5.41, 5.74) is 0.871. The van der Waals surface area contributed by atoms with Crippen molar-refractivity contribution in [2.45, 2.75) is 38.0 Å². The Morgan fingerprint density at radius 3 is 2.84 bits per heavy atom. The molecule has 2 saturated heterocycles. The number of nitrogens with one attached hydrogen (secondary N) is 1. The highest BCUT2D eigenvalue weighted by Crippen LogP contribution is 2.37. The summed E-state index contributed by atoms with van der Waals surface area (Å²) in [5.74, 6) is 2.65. The highest BCUT2D eigenvalue weighted by atomic mass is 16.5. The minimum Gasteiger partial charge on any atom is -0.379 e. The summed E-state index contributed by atoms with van der Waals surface area (Å²) in [4.78, 5) is 26.7. The highest BCUT2D eigenvalue weighted by Gasteiger charge is 2.30. The highest BCUT2D eigenvalue weighted by molar-refractivity contribution is 5.80. The molecule has 2 aromatic heterocycles. The molecule has 9 heteroatoms. The lowest BCUT2D eigenvalue weighted by Crippen LogP contribution is -2.46. The Labute approximate surface area is 188 Å². The Bertz CT molecular complexity index is 909. The van der Waals surface area contributed by atoms with E-state index in [-0.39, 0.29) is 11.8 Å². The van der Waals surface area contributed by atoms with Crippen LogP contribution in [0.5, 0.6) is 0 Å². The molecule has 3 aliphatic rings. The van der Waals surface area contributed by atoms with Crippen molar-refractivity contribution in [1.82, 2.24) is 25.3 Å². The second kappa shape index (κ2) is 9.95. The smallest absolute Gasteiger partial charge is 0.230 e. The van der Waals surface area contributed by atoms with Gasteiger partial charge in [-0.05, 0) is 37.8 Å². The van der Waals surface area contributed by atoms with Crippen LogP contribution in [0.3, 0.4) is 0 Å². The number of anilines is 1. The number of hydrogen-bond donors (Lipinski definition) is 1. The Balaban J connectivity index is 1.21. The molecule has 0 spiro atoms. The third kappa shape index (κ3) is 4.78. The lowest BCUT2D eigenvalue weighted by atomic mass is 9.85. The zero-order chi connectivity index (χ0) is 21.8. The summed E-state index contributed by atoms with van der Waals surface area (Å²) in [6.45, 7) is 6.51. The van der Waals surface area contributed by atoms with Gasteiger partial charge >= 0.3 is 0 Å². The molecular weight excluding hydrogens is 408 g/mol. The number of pyridine rings is 1. The largest absolute Gasteiger partial charge is 0.379 e. The van der Waals surface area contributed by atoms with E-state index in [1.54, 1.807) is 6.20 Å². The predicted molar refractivity (Wildman–Crippen MR) is 119 cm³/mol. The van der Waals surface area contributed by atoms with Gasteiger partial charge in [0, 0.05) is 51.4 Å². The van der Waals surface area contributed by atoms with Crippen molar-refractivity contribution in [2.75, 3.05) is 57.4 Å². The SMILES string of the molecule is O=C(NCCN1CCOCC1)C1CCCN(c2ncccc2-c2noc(C3CCC3)n2)C1. The fourth-order valence-electron chi connectivity index (χ4n) is 4.68. The number of carbonyl (C=O) groups is 1. The molecule has 1 saturated carbocycles. The molecule has 0 bridgehead atoms. The Kier molecular flexibility index (Phi) is 6.64. The van der Waals surface area contributed by atoms with Crippen LogP contribution in [-0.4, -0.2) is 78.4 Å². The summed E-state index contributed by atoms with van der Waals surface area (Å²) in [6.07, 6.45) is 7.11. The summed E-state index contributed by atoms with van der Waals surface area (Å²) >= 11 is 0. The molecule has 3 fully saturated rings. The van der Waals surface area contributed by atoms with Crippen LogP contribution in [0.1, 0.15) is 43.9 Å². The van der Waals surface area contributed by atoms with Gasteiger partial charge in [0.25, 0.3) is 0 Å². The quantitative estimate of drug-likeness (QED) is 0.699. The van der Waals surface area contributed by atoms with Gasteiger partial charge < -0.3 is 19.5 Å². The number of carbonyl (C=O) groups excluding carboxylic acids is 1. The molecule has 1 aliphatic carbocycles. The van der Waals surface area contributed by atoms with E-state index in [1.165, 1.54) is 6.42 Å². The van der Waals surface area contributed by atoms with Crippen LogP contribution >= 0.6 is 0 Å². The van der Waals surface area contributed by atoms with Crippen molar-refractivity contribution in [3.05, 3.63) is 24.2 Å². The Morgan fingerprint density at radius 1 is 1.16 bits per heavy atom. The number of ether oxygens (including phenoxy) is 1. The van der Waals surface area contributed by atoms with Crippen molar-refractivity contribution in [1.29, 1.82) is 0 Å². The summed E-state index contributed by atoms with van der Waals surface area (Å²) in [7, 11) is 0. The maximum Gasteiger partial charge on any atom is 0.230 e. The zero-order valence-electron chi connectivity index (χ0n) is 18.5. The van der Waals surface area contributed by atoms with Crippen LogP contribution in [0.15, 0.2) is 22.9 Å².